The smallest absolute Gasteiger partial charge is 0.106 e. The molecule has 0 aliphatic carbocycles. The van der Waals surface area contributed by atoms with E-state index < -0.39 is 0 Å². The second kappa shape index (κ2) is 4.44. The molecule has 0 bridgehead atoms. The van der Waals surface area contributed by atoms with E-state index in [2.05, 4.69) is 6.07 Å². The molecule has 16 heavy (non-hydrogen) atoms. The van der Waals surface area contributed by atoms with Crippen molar-refractivity contribution in [2.24, 2.45) is 0 Å². The van der Waals surface area contributed by atoms with E-state index in [1.54, 1.807) is 0 Å². The summed E-state index contributed by atoms with van der Waals surface area (Å²) in [6, 6.07) is 13.6. The van der Waals surface area contributed by atoms with Crippen molar-refractivity contribution in [2.75, 3.05) is 5.73 Å². The number of nitriles is 1. The Morgan fingerprint density at radius 1 is 1.25 bits per heavy atom. The molecular formula is C12H8N2S2. The standard InChI is InChI=1S/C12H8N2S2/c13-7-10-9(6-11(15)16-12(10)14)8-4-2-1-3-5-8/h1-6H,14H2. The summed E-state index contributed by atoms with van der Waals surface area (Å²) >= 11 is 6.39. The molecule has 2 nitrogen and oxygen atoms in total. The Balaban J connectivity index is 2.75. The molecule has 4 heteroatoms. The summed E-state index contributed by atoms with van der Waals surface area (Å²) in [6.45, 7) is 0. The van der Waals surface area contributed by atoms with Crippen LogP contribution in [0.5, 0.6) is 0 Å². The van der Waals surface area contributed by atoms with Crippen LogP contribution in [0.15, 0.2) is 36.4 Å². The second-order valence-corrected chi connectivity index (χ2v) is 4.98. The molecule has 2 aromatic rings. The van der Waals surface area contributed by atoms with Crippen LogP contribution >= 0.6 is 23.6 Å². The Kier molecular flexibility index (Phi) is 3.00. The molecule has 78 valence electrons. The topological polar surface area (TPSA) is 49.8 Å². The summed E-state index contributed by atoms with van der Waals surface area (Å²) in [7, 11) is 0. The van der Waals surface area contributed by atoms with Gasteiger partial charge in [-0.2, -0.15) is 5.26 Å². The molecule has 0 unspecified atom stereocenters. The molecule has 0 radical (unpaired) electrons. The van der Waals surface area contributed by atoms with Crippen molar-refractivity contribution < 1.29 is 0 Å². The van der Waals surface area contributed by atoms with Gasteiger partial charge >= 0.3 is 0 Å². The molecule has 2 N–H and O–H groups in total. The van der Waals surface area contributed by atoms with E-state index in [0.29, 0.717) is 14.4 Å². The summed E-state index contributed by atoms with van der Waals surface area (Å²) in [4.78, 5) is 0. The number of hydrogen-bond acceptors (Lipinski definition) is 4. The van der Waals surface area contributed by atoms with E-state index in [-0.39, 0.29) is 0 Å². The van der Waals surface area contributed by atoms with Crippen molar-refractivity contribution in [2.45, 2.75) is 0 Å². The van der Waals surface area contributed by atoms with Crippen molar-refractivity contribution in [3.8, 4) is 17.2 Å². The van der Waals surface area contributed by atoms with Crippen LogP contribution in [0, 0.1) is 15.2 Å². The third-order valence-electron chi connectivity index (χ3n) is 2.19. The fourth-order valence-electron chi connectivity index (χ4n) is 1.47. The maximum Gasteiger partial charge on any atom is 0.106 e. The Morgan fingerprint density at radius 3 is 2.56 bits per heavy atom. The van der Waals surface area contributed by atoms with Gasteiger partial charge in [-0.25, -0.2) is 0 Å². The van der Waals surface area contributed by atoms with Crippen LogP contribution in [0.25, 0.3) is 11.1 Å². The van der Waals surface area contributed by atoms with Gasteiger partial charge in [0.05, 0.1) is 9.39 Å². The first-order valence-electron chi connectivity index (χ1n) is 4.61. The second-order valence-electron chi connectivity index (χ2n) is 3.20. The lowest BCUT2D eigenvalue weighted by Gasteiger charge is -2.05. The third-order valence-corrected chi connectivity index (χ3v) is 3.30. The summed E-state index contributed by atoms with van der Waals surface area (Å²) < 4.78 is 0.690. The third kappa shape index (κ3) is 1.96. The lowest BCUT2D eigenvalue weighted by molar-refractivity contribution is 1.49. The predicted octanol–water partition coefficient (Wildman–Crippen LogP) is 3.60. The van der Waals surface area contributed by atoms with E-state index in [9.17, 15) is 0 Å². The molecule has 0 aliphatic heterocycles. The Morgan fingerprint density at radius 2 is 1.94 bits per heavy atom. The van der Waals surface area contributed by atoms with Gasteiger partial charge < -0.3 is 5.73 Å². The number of nitrogen functional groups attached to an aromatic ring is 1. The Labute approximate surface area is 103 Å². The number of nitrogens with zero attached hydrogens (tertiary/aromatic N) is 1. The van der Waals surface area contributed by atoms with Crippen molar-refractivity contribution >= 4 is 28.6 Å². The normalized spacial score (nSPS) is 9.69. The minimum absolute atomic E-state index is 0.480. The lowest BCUT2D eigenvalue weighted by atomic mass is 10.0. The van der Waals surface area contributed by atoms with Gasteiger partial charge in [-0.05, 0) is 11.6 Å². The van der Waals surface area contributed by atoms with E-state index in [0.717, 1.165) is 11.1 Å². The molecule has 0 spiro atoms. The zero-order valence-electron chi connectivity index (χ0n) is 8.31. The van der Waals surface area contributed by atoms with Gasteiger partial charge in [-0.3, -0.25) is 0 Å². The van der Waals surface area contributed by atoms with Crippen molar-refractivity contribution in [1.29, 1.82) is 5.26 Å². The number of rotatable bonds is 1. The van der Waals surface area contributed by atoms with Gasteiger partial charge in [0.25, 0.3) is 0 Å². The van der Waals surface area contributed by atoms with Crippen LogP contribution in [-0.4, -0.2) is 0 Å². The zero-order valence-corrected chi connectivity index (χ0v) is 9.94. The van der Waals surface area contributed by atoms with Gasteiger partial charge in [-0.15, -0.1) is 11.3 Å². The van der Waals surface area contributed by atoms with Gasteiger partial charge in [0.15, 0.2) is 0 Å². The van der Waals surface area contributed by atoms with E-state index >= 15 is 0 Å². The quantitative estimate of drug-likeness (QED) is 0.780. The Hall–Kier alpha value is -1.70. The first-order chi connectivity index (χ1) is 7.72. The minimum atomic E-state index is 0.480. The highest BCUT2D eigenvalue weighted by molar-refractivity contribution is 7.73. The average molecular weight is 244 g/mol. The molecule has 0 aliphatic rings. The van der Waals surface area contributed by atoms with Gasteiger partial charge in [0.1, 0.15) is 11.1 Å². The number of anilines is 1. The predicted molar refractivity (Wildman–Crippen MR) is 69.7 cm³/mol. The number of hydrogen-bond donors (Lipinski definition) is 1. The minimum Gasteiger partial charge on any atom is -0.389 e. The summed E-state index contributed by atoms with van der Waals surface area (Å²) in [5.41, 5.74) is 8.08. The van der Waals surface area contributed by atoms with E-state index in [1.165, 1.54) is 11.3 Å². The molecule has 1 heterocycles. The number of benzene rings is 1. The van der Waals surface area contributed by atoms with Crippen LogP contribution < -0.4 is 5.73 Å². The monoisotopic (exact) mass is 244 g/mol. The van der Waals surface area contributed by atoms with Crippen molar-refractivity contribution in [1.82, 2.24) is 0 Å². The van der Waals surface area contributed by atoms with Crippen LogP contribution in [0.4, 0.5) is 5.00 Å². The first-order valence-corrected chi connectivity index (χ1v) is 5.84. The van der Waals surface area contributed by atoms with Gasteiger partial charge in [-0.1, -0.05) is 42.5 Å². The molecule has 2 rings (SSSR count). The fraction of sp³-hybridized carbons (Fsp3) is 0. The zero-order chi connectivity index (χ0) is 11.5. The highest BCUT2D eigenvalue weighted by Crippen LogP contribution is 2.30. The largest absolute Gasteiger partial charge is 0.389 e. The molecule has 0 atom stereocenters. The molecular weight excluding hydrogens is 236 g/mol. The van der Waals surface area contributed by atoms with Crippen LogP contribution in [-0.2, 0) is 0 Å². The molecule has 0 saturated carbocycles. The molecule has 1 aromatic heterocycles. The van der Waals surface area contributed by atoms with Crippen molar-refractivity contribution in [3.63, 3.8) is 0 Å². The summed E-state index contributed by atoms with van der Waals surface area (Å²) in [5.74, 6) is 0. The molecule has 0 fully saturated rings. The fourth-order valence-corrected chi connectivity index (χ4v) is 2.51. The van der Waals surface area contributed by atoms with Gasteiger partial charge in [0, 0.05) is 5.56 Å². The average Bonchev–Trinajstić information content (AvgIpc) is 2.29. The van der Waals surface area contributed by atoms with Gasteiger partial charge in [0.2, 0.25) is 0 Å². The van der Waals surface area contributed by atoms with Crippen LogP contribution in [0.2, 0.25) is 0 Å². The maximum absolute atomic E-state index is 9.09. The molecule has 0 saturated heterocycles. The van der Waals surface area contributed by atoms with E-state index in [4.69, 9.17) is 23.2 Å². The van der Waals surface area contributed by atoms with Crippen molar-refractivity contribution in [3.05, 3.63) is 45.8 Å². The lowest BCUT2D eigenvalue weighted by Crippen LogP contribution is -1.91. The highest BCUT2D eigenvalue weighted by atomic mass is 32.1. The summed E-state index contributed by atoms with van der Waals surface area (Å²) in [5, 5.41) is 9.57. The van der Waals surface area contributed by atoms with E-state index in [1.807, 2.05) is 36.4 Å². The first kappa shape index (κ1) is 10.8. The highest BCUT2D eigenvalue weighted by Gasteiger charge is 2.08. The number of nitrogens with two attached hydrogens (primary N) is 1. The molecule has 1 aromatic carbocycles. The van der Waals surface area contributed by atoms with Crippen LogP contribution in [0.3, 0.4) is 0 Å². The van der Waals surface area contributed by atoms with Crippen LogP contribution in [0.1, 0.15) is 5.56 Å². The summed E-state index contributed by atoms with van der Waals surface area (Å²) in [6.07, 6.45) is 0. The SMILES string of the molecule is N#Cc1c(-c2ccccc2)cc(=S)sc1N. The molecule has 0 amide bonds. The Bertz CT molecular complexity index is 609. The maximum atomic E-state index is 9.09.